The Morgan fingerprint density at radius 2 is 0.966 bits per heavy atom. The van der Waals surface area contributed by atoms with Gasteiger partial charge in [0.05, 0.1) is 19.8 Å². The van der Waals surface area contributed by atoms with E-state index in [9.17, 15) is 14.3 Å². The van der Waals surface area contributed by atoms with Crippen LogP contribution in [-0.2, 0) is 27.9 Å². The van der Waals surface area contributed by atoms with Crippen LogP contribution in [0.15, 0.2) is 97.2 Å². The van der Waals surface area contributed by atoms with Crippen molar-refractivity contribution in [2.45, 2.75) is 174 Å². The summed E-state index contributed by atoms with van der Waals surface area (Å²) in [5, 5.41) is 0. The fraction of sp³-hybridized carbons (Fsp3) is 0.653. The molecule has 0 aliphatic heterocycles. The summed E-state index contributed by atoms with van der Waals surface area (Å²) in [6.07, 6.45) is 60.1. The monoisotopic (exact) mass is 830 g/mol. The standard InChI is InChI=1S/C49H84NO7P/c1-3-5-7-9-11-13-15-17-19-21-22-23-24-25-27-29-31-33-35-37-39-41-44-54-46-48(47-56-58(52,53)55-45-43-50)57-49(51)42-40-38-36-34-32-30-28-26-20-18-16-14-12-10-8-6-4-2/h6,8,12,14-15,17-18,20-22,24-25,28,30,34,36,48H,3-5,7,9-11,13,16,19,23,26-27,29,31-33,35,37-47,50H2,1-2H3,(H,52,53)/b8-6-,14-12-,17-15-,20-18-,22-21-,25-24-,30-28-,36-34-. The van der Waals surface area contributed by atoms with E-state index < -0.39 is 19.9 Å². The van der Waals surface area contributed by atoms with Crippen molar-refractivity contribution >= 4 is 13.8 Å². The molecule has 2 unspecified atom stereocenters. The number of phosphoric ester groups is 1. The number of allylic oxidation sites excluding steroid dienone is 16. The molecule has 0 aliphatic carbocycles. The molecule has 0 aromatic carbocycles. The second kappa shape index (κ2) is 45.5. The van der Waals surface area contributed by atoms with Crippen molar-refractivity contribution in [1.29, 1.82) is 0 Å². The summed E-state index contributed by atoms with van der Waals surface area (Å²) >= 11 is 0. The average Bonchev–Trinajstić information content (AvgIpc) is 3.21. The molecule has 0 saturated heterocycles. The molecule has 0 aromatic heterocycles. The number of nitrogens with two attached hydrogens (primary N) is 1. The van der Waals surface area contributed by atoms with Gasteiger partial charge in [-0.1, -0.05) is 169 Å². The molecule has 0 aromatic rings. The predicted octanol–water partition coefficient (Wildman–Crippen LogP) is 13.9. The lowest BCUT2D eigenvalue weighted by atomic mass is 10.1. The van der Waals surface area contributed by atoms with E-state index in [1.54, 1.807) is 0 Å². The normalized spacial score (nSPS) is 14.3. The van der Waals surface area contributed by atoms with Crippen LogP contribution in [0.4, 0.5) is 0 Å². The van der Waals surface area contributed by atoms with Crippen LogP contribution in [0.3, 0.4) is 0 Å². The highest BCUT2D eigenvalue weighted by molar-refractivity contribution is 7.47. The van der Waals surface area contributed by atoms with Crippen LogP contribution in [0.1, 0.15) is 168 Å². The number of phosphoric acid groups is 1. The summed E-state index contributed by atoms with van der Waals surface area (Å²) in [4.78, 5) is 22.5. The molecule has 0 amide bonds. The molecule has 332 valence electrons. The summed E-state index contributed by atoms with van der Waals surface area (Å²) in [5.41, 5.74) is 5.37. The van der Waals surface area contributed by atoms with Crippen LogP contribution in [0.5, 0.6) is 0 Å². The topological polar surface area (TPSA) is 117 Å². The first-order valence-corrected chi connectivity index (χ1v) is 24.2. The molecule has 58 heavy (non-hydrogen) atoms. The first-order chi connectivity index (χ1) is 28.4. The number of hydrogen-bond acceptors (Lipinski definition) is 7. The Morgan fingerprint density at radius 3 is 1.45 bits per heavy atom. The molecule has 0 heterocycles. The van der Waals surface area contributed by atoms with Crippen molar-refractivity contribution < 1.29 is 32.8 Å². The molecule has 0 rings (SSSR count). The second-order valence-corrected chi connectivity index (χ2v) is 16.0. The largest absolute Gasteiger partial charge is 0.472 e. The number of ether oxygens (including phenoxy) is 2. The van der Waals surface area contributed by atoms with Crippen molar-refractivity contribution in [3.05, 3.63) is 97.2 Å². The molecule has 2 atom stereocenters. The number of hydrogen-bond donors (Lipinski definition) is 2. The first kappa shape index (κ1) is 55.4. The maximum atomic E-state index is 12.6. The second-order valence-electron chi connectivity index (χ2n) is 14.5. The smallest absolute Gasteiger partial charge is 0.457 e. The highest BCUT2D eigenvalue weighted by atomic mass is 31.2. The molecule has 0 spiro atoms. The molecular weight excluding hydrogens is 746 g/mol. The van der Waals surface area contributed by atoms with Crippen LogP contribution in [-0.4, -0.2) is 49.9 Å². The summed E-state index contributed by atoms with van der Waals surface area (Å²) in [5.74, 6) is -0.394. The minimum atomic E-state index is -4.30. The van der Waals surface area contributed by atoms with Gasteiger partial charge in [0.1, 0.15) is 6.10 Å². The van der Waals surface area contributed by atoms with E-state index >= 15 is 0 Å². The Bertz CT molecular complexity index is 1200. The third-order valence-electron chi connectivity index (χ3n) is 8.99. The van der Waals surface area contributed by atoms with Crippen molar-refractivity contribution in [1.82, 2.24) is 0 Å². The van der Waals surface area contributed by atoms with Gasteiger partial charge in [0.25, 0.3) is 0 Å². The summed E-state index contributed by atoms with van der Waals surface area (Å²) < 4.78 is 33.4. The van der Waals surface area contributed by atoms with Crippen molar-refractivity contribution in [2.75, 3.05) is 33.0 Å². The summed E-state index contributed by atoms with van der Waals surface area (Å²) in [6, 6.07) is 0. The van der Waals surface area contributed by atoms with Gasteiger partial charge in [-0.25, -0.2) is 4.57 Å². The molecule has 0 aliphatic rings. The maximum Gasteiger partial charge on any atom is 0.472 e. The highest BCUT2D eigenvalue weighted by Gasteiger charge is 2.25. The van der Waals surface area contributed by atoms with Crippen LogP contribution in [0, 0.1) is 0 Å². The van der Waals surface area contributed by atoms with Crippen LogP contribution >= 0.6 is 7.82 Å². The van der Waals surface area contributed by atoms with Gasteiger partial charge in [0, 0.05) is 19.6 Å². The molecule has 8 nitrogen and oxygen atoms in total. The fourth-order valence-electron chi connectivity index (χ4n) is 5.68. The Balaban J connectivity index is 4.13. The molecule has 0 saturated carbocycles. The van der Waals surface area contributed by atoms with Gasteiger partial charge < -0.3 is 20.1 Å². The minimum Gasteiger partial charge on any atom is -0.457 e. The predicted molar refractivity (Wildman–Crippen MR) is 247 cm³/mol. The molecule has 9 heteroatoms. The summed E-state index contributed by atoms with van der Waals surface area (Å²) in [6.45, 7) is 4.67. The zero-order valence-corrected chi connectivity index (χ0v) is 37.6. The minimum absolute atomic E-state index is 0.0804. The average molecular weight is 830 g/mol. The highest BCUT2D eigenvalue weighted by Crippen LogP contribution is 2.43. The number of esters is 1. The van der Waals surface area contributed by atoms with Crippen LogP contribution < -0.4 is 5.73 Å². The fourth-order valence-corrected chi connectivity index (χ4v) is 6.45. The molecule has 3 N–H and O–H groups in total. The van der Waals surface area contributed by atoms with E-state index in [1.165, 1.54) is 64.2 Å². The Labute approximate surface area is 355 Å². The molecule has 0 bridgehead atoms. The van der Waals surface area contributed by atoms with Crippen molar-refractivity contribution in [3.63, 3.8) is 0 Å². The Kier molecular flexibility index (Phi) is 43.5. The number of carbonyl (C=O) groups excluding carboxylic acids is 1. The van der Waals surface area contributed by atoms with Gasteiger partial charge in [-0.15, -0.1) is 0 Å². The maximum absolute atomic E-state index is 12.6. The van der Waals surface area contributed by atoms with E-state index in [0.717, 1.165) is 77.0 Å². The van der Waals surface area contributed by atoms with Crippen LogP contribution in [0.2, 0.25) is 0 Å². The van der Waals surface area contributed by atoms with E-state index in [2.05, 4.69) is 111 Å². The number of unbranched alkanes of at least 4 members (excludes halogenated alkanes) is 13. The van der Waals surface area contributed by atoms with E-state index in [1.807, 2.05) is 0 Å². The Morgan fingerprint density at radius 1 is 0.534 bits per heavy atom. The quantitative estimate of drug-likeness (QED) is 0.0270. The number of carbonyl (C=O) groups is 1. The van der Waals surface area contributed by atoms with Crippen molar-refractivity contribution in [2.24, 2.45) is 5.73 Å². The van der Waals surface area contributed by atoms with E-state index in [-0.39, 0.29) is 32.8 Å². The molecule has 0 radical (unpaired) electrons. The number of rotatable bonds is 42. The molecular formula is C49H84NO7P. The third kappa shape index (κ3) is 44.5. The van der Waals surface area contributed by atoms with E-state index in [4.69, 9.17) is 24.3 Å². The lowest BCUT2D eigenvalue weighted by Crippen LogP contribution is -2.28. The van der Waals surface area contributed by atoms with Gasteiger partial charge >= 0.3 is 13.8 Å². The molecule has 0 fully saturated rings. The van der Waals surface area contributed by atoms with Gasteiger partial charge in [0.15, 0.2) is 0 Å². The zero-order chi connectivity index (χ0) is 42.3. The van der Waals surface area contributed by atoms with Crippen LogP contribution in [0.25, 0.3) is 0 Å². The SMILES string of the molecule is CC/C=C\C/C=C\C/C=C\C/C=C\C/C=C\CCCC(=O)OC(COCCCCCCCCC/C=C\C/C=C\C/C=C\CCCCCCC)COP(=O)(O)OCCN. The van der Waals surface area contributed by atoms with E-state index in [0.29, 0.717) is 13.0 Å². The van der Waals surface area contributed by atoms with Gasteiger partial charge in [0.2, 0.25) is 0 Å². The van der Waals surface area contributed by atoms with Crippen molar-refractivity contribution in [3.8, 4) is 0 Å². The van der Waals surface area contributed by atoms with Gasteiger partial charge in [-0.3, -0.25) is 13.8 Å². The zero-order valence-electron chi connectivity index (χ0n) is 36.7. The Hall–Kier alpha value is -2.58. The lowest BCUT2D eigenvalue weighted by Gasteiger charge is -2.20. The lowest BCUT2D eigenvalue weighted by molar-refractivity contribution is -0.154. The first-order valence-electron chi connectivity index (χ1n) is 22.7. The third-order valence-corrected chi connectivity index (χ3v) is 9.97. The van der Waals surface area contributed by atoms with Gasteiger partial charge in [-0.05, 0) is 89.9 Å². The summed E-state index contributed by atoms with van der Waals surface area (Å²) in [7, 11) is -4.30. The van der Waals surface area contributed by atoms with Gasteiger partial charge in [-0.2, -0.15) is 0 Å².